The highest BCUT2D eigenvalue weighted by molar-refractivity contribution is 7.92. The van der Waals surface area contributed by atoms with Gasteiger partial charge < -0.3 is 10.1 Å². The summed E-state index contributed by atoms with van der Waals surface area (Å²) >= 11 is 6.03. The summed E-state index contributed by atoms with van der Waals surface area (Å²) in [5, 5.41) is 3.10. The average Bonchev–Trinajstić information content (AvgIpc) is 2.70. The van der Waals surface area contributed by atoms with Gasteiger partial charge in [-0.25, -0.2) is 8.42 Å². The lowest BCUT2D eigenvalue weighted by Gasteiger charge is -2.16. The van der Waals surface area contributed by atoms with Crippen molar-refractivity contribution in [1.82, 2.24) is 0 Å². The van der Waals surface area contributed by atoms with E-state index in [0.29, 0.717) is 22.1 Å². The van der Waals surface area contributed by atoms with Crippen LogP contribution in [0.3, 0.4) is 0 Å². The lowest BCUT2D eigenvalue weighted by molar-refractivity contribution is -0.122. The molecule has 3 rings (SSSR count). The quantitative estimate of drug-likeness (QED) is 0.576. The number of amides is 1. The highest BCUT2D eigenvalue weighted by Gasteiger charge is 2.17. The van der Waals surface area contributed by atoms with Crippen LogP contribution in [0.4, 0.5) is 11.4 Å². The maximum atomic E-state index is 12.4. The molecule has 0 aromatic heterocycles. The molecule has 0 fully saturated rings. The molecular weight excluding hydrogens is 412 g/mol. The van der Waals surface area contributed by atoms with Crippen molar-refractivity contribution < 1.29 is 17.9 Å². The molecule has 0 saturated carbocycles. The number of carbonyl (C=O) groups excluding carboxylic acids is 1. The maximum absolute atomic E-state index is 12.4. The molecule has 0 saturated heterocycles. The molecule has 0 heterocycles. The number of halogens is 1. The molecule has 0 aliphatic rings. The van der Waals surface area contributed by atoms with Crippen molar-refractivity contribution in [3.63, 3.8) is 0 Å². The molecule has 1 amide bonds. The monoisotopic (exact) mass is 430 g/mol. The number of nitrogens with one attached hydrogen (secondary N) is 2. The van der Waals surface area contributed by atoms with E-state index in [4.69, 9.17) is 16.3 Å². The van der Waals surface area contributed by atoms with Gasteiger partial charge in [0.2, 0.25) is 0 Å². The molecule has 150 valence electrons. The number of carbonyl (C=O) groups is 1. The van der Waals surface area contributed by atoms with Gasteiger partial charge in [0.15, 0.2) is 6.10 Å². The third-order valence-electron chi connectivity index (χ3n) is 3.97. The number of ether oxygens (including phenoxy) is 1. The fraction of sp³-hybridized carbons (Fsp3) is 0.0952. The van der Waals surface area contributed by atoms with Crippen LogP contribution in [0, 0.1) is 0 Å². The lowest BCUT2D eigenvalue weighted by Crippen LogP contribution is -2.30. The lowest BCUT2D eigenvalue weighted by atomic mass is 10.3. The van der Waals surface area contributed by atoms with Crippen LogP contribution >= 0.6 is 11.6 Å². The first-order chi connectivity index (χ1) is 13.8. The Labute approximate surface area is 174 Å². The van der Waals surface area contributed by atoms with Crippen molar-refractivity contribution in [2.75, 3.05) is 10.0 Å². The van der Waals surface area contributed by atoms with E-state index < -0.39 is 16.1 Å². The van der Waals surface area contributed by atoms with E-state index in [1.807, 2.05) is 0 Å². The van der Waals surface area contributed by atoms with Crippen LogP contribution in [0.5, 0.6) is 5.75 Å². The Kier molecular flexibility index (Phi) is 6.41. The Morgan fingerprint density at radius 1 is 0.897 bits per heavy atom. The molecule has 0 spiro atoms. The fourth-order valence-electron chi connectivity index (χ4n) is 2.47. The summed E-state index contributed by atoms with van der Waals surface area (Å²) in [4.78, 5) is 12.4. The summed E-state index contributed by atoms with van der Waals surface area (Å²) in [6.45, 7) is 1.60. The van der Waals surface area contributed by atoms with Crippen molar-refractivity contribution in [3.8, 4) is 5.75 Å². The number of rotatable bonds is 7. The first kappa shape index (κ1) is 20.7. The van der Waals surface area contributed by atoms with Crippen LogP contribution in [0.2, 0.25) is 5.02 Å². The van der Waals surface area contributed by atoms with Crippen molar-refractivity contribution in [3.05, 3.63) is 83.9 Å². The zero-order chi connectivity index (χ0) is 20.9. The highest BCUT2D eigenvalue weighted by Crippen LogP contribution is 2.24. The SMILES string of the molecule is C[C@@H](Oc1ccccc1Cl)C(=O)Nc1ccc(S(=O)(=O)Nc2ccccc2)cc1. The van der Waals surface area contributed by atoms with E-state index in [0.717, 1.165) is 0 Å². The van der Waals surface area contributed by atoms with Gasteiger partial charge in [-0.05, 0) is 55.5 Å². The molecule has 3 aromatic rings. The minimum atomic E-state index is -3.72. The summed E-state index contributed by atoms with van der Waals surface area (Å²) in [6.07, 6.45) is -0.793. The standard InChI is InChI=1S/C21H19ClN2O4S/c1-15(28-20-10-6-5-9-19(20)22)21(25)23-16-11-13-18(14-12-16)29(26,27)24-17-7-3-2-4-8-17/h2-15,24H,1H3,(H,23,25)/t15-/m1/s1. The minimum Gasteiger partial charge on any atom is -0.479 e. The Balaban J connectivity index is 1.64. The van der Waals surface area contributed by atoms with Gasteiger partial charge in [-0.2, -0.15) is 0 Å². The number of hydrogen-bond donors (Lipinski definition) is 2. The second-order valence-corrected chi connectivity index (χ2v) is 8.27. The normalized spacial score (nSPS) is 12.1. The number of hydrogen-bond acceptors (Lipinski definition) is 4. The van der Waals surface area contributed by atoms with E-state index >= 15 is 0 Å². The maximum Gasteiger partial charge on any atom is 0.265 e. The third-order valence-corrected chi connectivity index (χ3v) is 5.68. The predicted molar refractivity (Wildman–Crippen MR) is 114 cm³/mol. The van der Waals surface area contributed by atoms with Gasteiger partial charge in [-0.3, -0.25) is 9.52 Å². The Hall–Kier alpha value is -3.03. The molecule has 0 unspecified atom stereocenters. The summed E-state index contributed by atoms with van der Waals surface area (Å²) < 4.78 is 33.0. The molecule has 29 heavy (non-hydrogen) atoms. The van der Waals surface area contributed by atoms with E-state index in [2.05, 4.69) is 10.0 Å². The zero-order valence-electron chi connectivity index (χ0n) is 15.5. The van der Waals surface area contributed by atoms with Gasteiger partial charge >= 0.3 is 0 Å². The van der Waals surface area contributed by atoms with Gasteiger partial charge in [0, 0.05) is 11.4 Å². The molecule has 0 aliphatic carbocycles. The summed E-state index contributed by atoms with van der Waals surface area (Å²) in [7, 11) is -3.72. The van der Waals surface area contributed by atoms with Crippen LogP contribution in [0.1, 0.15) is 6.92 Å². The van der Waals surface area contributed by atoms with E-state index in [-0.39, 0.29) is 10.8 Å². The second-order valence-electron chi connectivity index (χ2n) is 6.18. The smallest absolute Gasteiger partial charge is 0.265 e. The summed E-state index contributed by atoms with van der Waals surface area (Å²) in [6, 6.07) is 21.3. The number of benzene rings is 3. The average molecular weight is 431 g/mol. The number of sulfonamides is 1. The largest absolute Gasteiger partial charge is 0.479 e. The predicted octanol–water partition coefficient (Wildman–Crippen LogP) is 4.55. The van der Waals surface area contributed by atoms with Gasteiger partial charge in [-0.15, -0.1) is 0 Å². The number of para-hydroxylation sites is 2. The van der Waals surface area contributed by atoms with Gasteiger partial charge in [-0.1, -0.05) is 41.9 Å². The Morgan fingerprint density at radius 2 is 1.52 bits per heavy atom. The second kappa shape index (κ2) is 8.98. The number of anilines is 2. The van der Waals surface area contributed by atoms with Crippen molar-refractivity contribution in [2.45, 2.75) is 17.9 Å². The van der Waals surface area contributed by atoms with Crippen LogP contribution < -0.4 is 14.8 Å². The van der Waals surface area contributed by atoms with Gasteiger partial charge in [0.1, 0.15) is 5.75 Å². The van der Waals surface area contributed by atoms with Crippen molar-refractivity contribution >= 4 is 38.9 Å². The summed E-state index contributed by atoms with van der Waals surface area (Å²) in [5.74, 6) is 0.0215. The Bertz CT molecular complexity index is 1090. The van der Waals surface area contributed by atoms with Crippen LogP contribution in [0.15, 0.2) is 83.8 Å². The first-order valence-corrected chi connectivity index (χ1v) is 10.6. The molecule has 3 aromatic carbocycles. The van der Waals surface area contributed by atoms with Gasteiger partial charge in [0.25, 0.3) is 15.9 Å². The first-order valence-electron chi connectivity index (χ1n) is 8.75. The van der Waals surface area contributed by atoms with E-state index in [1.165, 1.54) is 24.3 Å². The molecule has 1 atom stereocenters. The van der Waals surface area contributed by atoms with Crippen LogP contribution in [0.25, 0.3) is 0 Å². The molecular formula is C21H19ClN2O4S. The topological polar surface area (TPSA) is 84.5 Å². The van der Waals surface area contributed by atoms with E-state index in [1.54, 1.807) is 61.5 Å². The molecule has 2 N–H and O–H groups in total. The minimum absolute atomic E-state index is 0.0831. The highest BCUT2D eigenvalue weighted by atomic mass is 35.5. The van der Waals surface area contributed by atoms with E-state index in [9.17, 15) is 13.2 Å². The zero-order valence-corrected chi connectivity index (χ0v) is 17.1. The molecule has 0 bridgehead atoms. The van der Waals surface area contributed by atoms with Crippen LogP contribution in [-0.2, 0) is 14.8 Å². The Morgan fingerprint density at radius 3 is 2.17 bits per heavy atom. The molecule has 0 aliphatic heterocycles. The van der Waals surface area contributed by atoms with Crippen molar-refractivity contribution in [2.24, 2.45) is 0 Å². The molecule has 0 radical (unpaired) electrons. The van der Waals surface area contributed by atoms with Crippen molar-refractivity contribution in [1.29, 1.82) is 0 Å². The molecule has 6 nitrogen and oxygen atoms in total. The third kappa shape index (κ3) is 5.49. The van der Waals surface area contributed by atoms with Crippen LogP contribution in [-0.4, -0.2) is 20.4 Å². The van der Waals surface area contributed by atoms with Gasteiger partial charge in [0.05, 0.1) is 9.92 Å². The fourth-order valence-corrected chi connectivity index (χ4v) is 3.70. The molecule has 8 heteroatoms. The summed E-state index contributed by atoms with van der Waals surface area (Å²) in [5.41, 5.74) is 0.915.